The largest absolute Gasteiger partial charge is 0.364 e. The van der Waals surface area contributed by atoms with E-state index in [0.29, 0.717) is 5.82 Å². The van der Waals surface area contributed by atoms with Gasteiger partial charge in [-0.2, -0.15) is 4.98 Å². The van der Waals surface area contributed by atoms with Crippen LogP contribution in [0.2, 0.25) is 0 Å². The van der Waals surface area contributed by atoms with Gasteiger partial charge >= 0.3 is 0 Å². The minimum Gasteiger partial charge on any atom is -0.364 e. The first-order valence-electron chi connectivity index (χ1n) is 9.03. The number of rotatable bonds is 3. The van der Waals surface area contributed by atoms with Gasteiger partial charge in [0, 0.05) is 17.7 Å². The number of para-hydroxylation sites is 1. The number of hydrogen-bond donors (Lipinski definition) is 1. The summed E-state index contributed by atoms with van der Waals surface area (Å²) in [5.74, 6) is 1.54. The Kier molecular flexibility index (Phi) is 4.55. The Labute approximate surface area is 156 Å². The molecule has 1 aromatic heterocycles. The molecule has 2 unspecified atom stereocenters. The summed E-state index contributed by atoms with van der Waals surface area (Å²) in [6.45, 7) is 5.84. The standard InChI is InChI=1S/C20H20N4O3/c1-13-11-23(12-14(2)27-13)20-17-5-3-4-6-18(17)21-19(22-20)15-7-9-16(10-8-15)24(25)26/h3-10,13-14H,11-12H2,1-2H3/p+1. The van der Waals surface area contributed by atoms with Crippen molar-refractivity contribution in [2.45, 2.75) is 26.1 Å². The molecular weight excluding hydrogens is 344 g/mol. The highest BCUT2D eigenvalue weighted by atomic mass is 16.6. The summed E-state index contributed by atoms with van der Waals surface area (Å²) in [5.41, 5.74) is 1.69. The van der Waals surface area contributed by atoms with E-state index in [0.717, 1.165) is 35.4 Å². The number of quaternary nitrogens is 1. The Balaban J connectivity index is 1.82. The molecule has 0 saturated carbocycles. The van der Waals surface area contributed by atoms with Crippen molar-refractivity contribution >= 4 is 22.4 Å². The van der Waals surface area contributed by atoms with E-state index in [4.69, 9.17) is 9.72 Å². The van der Waals surface area contributed by atoms with Crippen LogP contribution in [0.15, 0.2) is 48.5 Å². The molecule has 7 heteroatoms. The third-order valence-electron chi connectivity index (χ3n) is 4.81. The zero-order valence-electron chi connectivity index (χ0n) is 15.3. The van der Waals surface area contributed by atoms with Gasteiger partial charge in [-0.1, -0.05) is 12.1 Å². The zero-order chi connectivity index (χ0) is 19.0. The molecule has 1 aliphatic heterocycles. The van der Waals surface area contributed by atoms with Gasteiger partial charge in [-0.15, -0.1) is 0 Å². The molecule has 1 fully saturated rings. The number of fused-ring (bicyclic) bond motifs is 1. The number of benzene rings is 2. The first-order chi connectivity index (χ1) is 13.0. The molecule has 138 valence electrons. The lowest BCUT2D eigenvalue weighted by Gasteiger charge is -2.31. The SMILES string of the molecule is CC1C[NH+](c2nc(-c3ccc([N+](=O)[O-])cc3)nc3ccccc23)CC(C)O1. The Hall–Kier alpha value is -2.90. The molecule has 1 aliphatic rings. The summed E-state index contributed by atoms with van der Waals surface area (Å²) in [4.78, 5) is 21.3. The van der Waals surface area contributed by atoms with Crippen molar-refractivity contribution in [1.29, 1.82) is 0 Å². The molecule has 1 saturated heterocycles. The highest BCUT2D eigenvalue weighted by Gasteiger charge is 2.30. The summed E-state index contributed by atoms with van der Waals surface area (Å²) >= 11 is 0. The van der Waals surface area contributed by atoms with Crippen molar-refractivity contribution in [2.24, 2.45) is 0 Å². The maximum absolute atomic E-state index is 10.9. The number of nitrogens with one attached hydrogen (secondary N) is 1. The average Bonchev–Trinajstić information content (AvgIpc) is 2.66. The monoisotopic (exact) mass is 365 g/mol. The van der Waals surface area contributed by atoms with Gasteiger partial charge < -0.3 is 4.74 Å². The second-order valence-corrected chi connectivity index (χ2v) is 6.99. The number of nitro benzene ring substituents is 1. The molecule has 0 spiro atoms. The number of nitrogens with zero attached hydrogens (tertiary/aromatic N) is 3. The van der Waals surface area contributed by atoms with Crippen molar-refractivity contribution in [3.63, 3.8) is 0 Å². The van der Waals surface area contributed by atoms with Crippen LogP contribution in [-0.2, 0) is 4.74 Å². The van der Waals surface area contributed by atoms with Crippen LogP contribution < -0.4 is 4.90 Å². The summed E-state index contributed by atoms with van der Waals surface area (Å²) in [6.07, 6.45) is 0.306. The number of aromatic nitrogens is 2. The van der Waals surface area contributed by atoms with Crippen molar-refractivity contribution in [2.75, 3.05) is 13.1 Å². The summed E-state index contributed by atoms with van der Waals surface area (Å²) in [6, 6.07) is 14.3. The van der Waals surface area contributed by atoms with Crippen LogP contribution in [0.4, 0.5) is 11.5 Å². The molecule has 0 radical (unpaired) electrons. The number of morpholine rings is 1. The zero-order valence-corrected chi connectivity index (χ0v) is 15.3. The van der Waals surface area contributed by atoms with Crippen LogP contribution >= 0.6 is 0 Å². The van der Waals surface area contributed by atoms with Gasteiger partial charge in [0.1, 0.15) is 25.3 Å². The van der Waals surface area contributed by atoms with Crippen LogP contribution in [0.25, 0.3) is 22.3 Å². The fourth-order valence-electron chi connectivity index (χ4n) is 3.67. The molecule has 27 heavy (non-hydrogen) atoms. The quantitative estimate of drug-likeness (QED) is 0.570. The number of non-ortho nitro benzene ring substituents is 1. The van der Waals surface area contributed by atoms with Gasteiger partial charge in [0.2, 0.25) is 5.82 Å². The second-order valence-electron chi connectivity index (χ2n) is 6.99. The van der Waals surface area contributed by atoms with Crippen LogP contribution in [0.5, 0.6) is 0 Å². The Morgan fingerprint density at radius 1 is 1.04 bits per heavy atom. The van der Waals surface area contributed by atoms with Gasteiger partial charge in [-0.3, -0.25) is 15.0 Å². The van der Waals surface area contributed by atoms with Crippen molar-refractivity contribution in [1.82, 2.24) is 9.97 Å². The van der Waals surface area contributed by atoms with Crippen molar-refractivity contribution in [3.8, 4) is 11.4 Å². The fraction of sp³-hybridized carbons (Fsp3) is 0.300. The highest BCUT2D eigenvalue weighted by molar-refractivity contribution is 5.87. The molecule has 2 heterocycles. The van der Waals surface area contributed by atoms with E-state index >= 15 is 0 Å². The predicted molar refractivity (Wildman–Crippen MR) is 102 cm³/mol. The minimum atomic E-state index is -0.406. The molecule has 0 bridgehead atoms. The normalized spacial score (nSPS) is 22.7. The second kappa shape index (κ2) is 7.02. The smallest absolute Gasteiger partial charge is 0.269 e. The van der Waals surface area contributed by atoms with E-state index in [1.165, 1.54) is 17.0 Å². The summed E-state index contributed by atoms with van der Waals surface area (Å²) < 4.78 is 5.87. The minimum absolute atomic E-state index is 0.0567. The van der Waals surface area contributed by atoms with Crippen LogP contribution in [-0.4, -0.2) is 40.2 Å². The number of hydrogen-bond acceptors (Lipinski definition) is 5. The molecule has 0 amide bonds. The van der Waals surface area contributed by atoms with Crippen LogP contribution in [0.3, 0.4) is 0 Å². The first kappa shape index (κ1) is 17.5. The van der Waals surface area contributed by atoms with E-state index in [9.17, 15) is 10.1 Å². The average molecular weight is 365 g/mol. The van der Waals surface area contributed by atoms with E-state index in [1.54, 1.807) is 12.1 Å². The molecule has 4 rings (SSSR count). The van der Waals surface area contributed by atoms with Crippen LogP contribution in [0.1, 0.15) is 13.8 Å². The number of ether oxygens (including phenoxy) is 1. The Morgan fingerprint density at radius 3 is 2.37 bits per heavy atom. The van der Waals surface area contributed by atoms with Gasteiger partial charge in [-0.25, -0.2) is 4.98 Å². The molecule has 3 aromatic rings. The van der Waals surface area contributed by atoms with Gasteiger partial charge in [0.15, 0.2) is 5.82 Å². The summed E-state index contributed by atoms with van der Waals surface area (Å²) in [7, 11) is 0. The first-order valence-corrected chi connectivity index (χ1v) is 9.03. The molecule has 1 N–H and O–H groups in total. The molecule has 2 aromatic carbocycles. The Bertz CT molecular complexity index is 980. The van der Waals surface area contributed by atoms with Gasteiger partial charge in [0.05, 0.1) is 15.8 Å². The maximum Gasteiger partial charge on any atom is 0.269 e. The lowest BCUT2D eigenvalue weighted by atomic mass is 10.1. The van der Waals surface area contributed by atoms with E-state index in [-0.39, 0.29) is 17.9 Å². The van der Waals surface area contributed by atoms with E-state index in [2.05, 4.69) is 18.8 Å². The third-order valence-corrected chi connectivity index (χ3v) is 4.81. The molecule has 0 aliphatic carbocycles. The maximum atomic E-state index is 10.9. The number of nitro groups is 1. The third kappa shape index (κ3) is 3.51. The summed E-state index contributed by atoms with van der Waals surface area (Å²) in [5, 5.41) is 11.9. The molecular formula is C20H21N4O3+. The topological polar surface area (TPSA) is 82.6 Å². The van der Waals surface area contributed by atoms with E-state index < -0.39 is 4.92 Å². The molecule has 7 nitrogen and oxygen atoms in total. The van der Waals surface area contributed by atoms with Crippen molar-refractivity contribution in [3.05, 3.63) is 58.6 Å². The fourth-order valence-corrected chi connectivity index (χ4v) is 3.67. The highest BCUT2D eigenvalue weighted by Crippen LogP contribution is 2.25. The van der Waals surface area contributed by atoms with E-state index in [1.807, 2.05) is 24.3 Å². The lowest BCUT2D eigenvalue weighted by molar-refractivity contribution is -0.852. The lowest BCUT2D eigenvalue weighted by Crippen LogP contribution is -3.11. The van der Waals surface area contributed by atoms with Crippen molar-refractivity contribution < 1.29 is 14.6 Å². The predicted octanol–water partition coefficient (Wildman–Crippen LogP) is 2.53. The Morgan fingerprint density at radius 2 is 1.70 bits per heavy atom. The van der Waals surface area contributed by atoms with Gasteiger partial charge in [-0.05, 0) is 38.1 Å². The van der Waals surface area contributed by atoms with Crippen LogP contribution in [0, 0.1) is 10.1 Å². The molecule has 2 atom stereocenters. The van der Waals surface area contributed by atoms with Gasteiger partial charge in [0.25, 0.3) is 5.69 Å².